The molecule has 0 N–H and O–H groups in total. The van der Waals surface area contributed by atoms with Gasteiger partial charge in [0.1, 0.15) is 0 Å². The molecule has 0 amide bonds. The fourth-order valence-electron chi connectivity index (χ4n) is 4.06. The second-order valence-electron chi connectivity index (χ2n) is 9.37. The molecule has 0 aliphatic rings. The SMILES string of the molecule is [CH3][Ge]([CH3])([CH3])[c]1cccc2c1sc1cc(-c3[c-]cccc3)ncc12.[Ir].[c-]1ccccc1-c1ccccn1. The topological polar surface area (TPSA) is 25.8 Å². The van der Waals surface area contributed by atoms with Crippen LogP contribution in [0.2, 0.25) is 17.3 Å². The average molecular weight is 723 g/mol. The molecule has 181 valence electrons. The molecule has 0 saturated heterocycles. The molecule has 0 spiro atoms. The van der Waals surface area contributed by atoms with Crippen molar-refractivity contribution >= 4 is 49.2 Å². The summed E-state index contributed by atoms with van der Waals surface area (Å²) in [6, 6.07) is 37.1. The molecule has 5 heteroatoms. The number of benzene rings is 3. The average Bonchev–Trinajstić information content (AvgIpc) is 3.28. The van der Waals surface area contributed by atoms with Gasteiger partial charge in [0, 0.05) is 26.3 Å². The maximum atomic E-state index is 4.68. The van der Waals surface area contributed by atoms with Gasteiger partial charge >= 0.3 is 143 Å². The summed E-state index contributed by atoms with van der Waals surface area (Å²) in [6.45, 7) is 0. The summed E-state index contributed by atoms with van der Waals surface area (Å²) in [4.78, 5) is 8.90. The van der Waals surface area contributed by atoms with Gasteiger partial charge in [0.2, 0.25) is 0 Å². The van der Waals surface area contributed by atoms with Crippen molar-refractivity contribution in [1.29, 1.82) is 0 Å². The van der Waals surface area contributed by atoms with E-state index in [4.69, 9.17) is 0 Å². The second kappa shape index (κ2) is 11.6. The van der Waals surface area contributed by atoms with Crippen LogP contribution >= 0.6 is 11.3 Å². The molecule has 0 atom stereocenters. The van der Waals surface area contributed by atoms with Crippen LogP contribution in [0.15, 0.2) is 103 Å². The largest absolute Gasteiger partial charge is 0.305 e. The molecule has 3 heterocycles. The number of pyridine rings is 2. The van der Waals surface area contributed by atoms with Gasteiger partial charge in [-0.05, 0) is 11.8 Å². The van der Waals surface area contributed by atoms with Gasteiger partial charge in [-0.1, -0.05) is 12.1 Å². The van der Waals surface area contributed by atoms with E-state index in [0.717, 1.165) is 22.5 Å². The third kappa shape index (κ3) is 5.84. The molecular formula is C31H26GeIrN2S-2. The Morgan fingerprint density at radius 3 is 2.00 bits per heavy atom. The Morgan fingerprint density at radius 2 is 1.39 bits per heavy atom. The van der Waals surface area contributed by atoms with Crippen molar-refractivity contribution < 1.29 is 20.1 Å². The zero-order chi connectivity index (χ0) is 24.3. The second-order valence-corrected chi connectivity index (χ2v) is 21.0. The van der Waals surface area contributed by atoms with E-state index in [9.17, 15) is 0 Å². The molecule has 0 saturated carbocycles. The number of hydrogen-bond acceptors (Lipinski definition) is 3. The van der Waals surface area contributed by atoms with Gasteiger partial charge in [-0.25, -0.2) is 0 Å². The van der Waals surface area contributed by atoms with Crippen molar-refractivity contribution in [2.45, 2.75) is 17.3 Å². The van der Waals surface area contributed by atoms with Crippen LogP contribution in [0.1, 0.15) is 0 Å². The number of thiophene rings is 1. The van der Waals surface area contributed by atoms with E-state index in [1.165, 1.54) is 20.2 Å². The molecule has 1 radical (unpaired) electrons. The molecule has 0 aliphatic carbocycles. The quantitative estimate of drug-likeness (QED) is 0.137. The molecule has 6 rings (SSSR count). The van der Waals surface area contributed by atoms with Crippen molar-refractivity contribution in [1.82, 2.24) is 9.97 Å². The molecule has 0 bridgehead atoms. The molecule has 3 aromatic carbocycles. The summed E-state index contributed by atoms with van der Waals surface area (Å²) in [5.41, 5.74) is 4.07. The first-order valence-corrected chi connectivity index (χ1v) is 19.8. The van der Waals surface area contributed by atoms with Gasteiger partial charge in [-0.15, -0.1) is 35.9 Å². The predicted molar refractivity (Wildman–Crippen MR) is 153 cm³/mol. The van der Waals surface area contributed by atoms with Gasteiger partial charge in [-0.3, -0.25) is 0 Å². The molecule has 0 unspecified atom stereocenters. The third-order valence-corrected chi connectivity index (χ3v) is 11.7. The molecule has 2 nitrogen and oxygen atoms in total. The van der Waals surface area contributed by atoms with E-state index in [-0.39, 0.29) is 20.1 Å². The zero-order valence-electron chi connectivity index (χ0n) is 20.5. The number of rotatable bonds is 3. The van der Waals surface area contributed by atoms with Crippen LogP contribution in [0.3, 0.4) is 0 Å². The van der Waals surface area contributed by atoms with Gasteiger partial charge in [-0.2, -0.15) is 0 Å². The Bertz CT molecular complexity index is 1520. The van der Waals surface area contributed by atoms with Gasteiger partial charge in [0.05, 0.1) is 0 Å². The first-order valence-electron chi connectivity index (χ1n) is 11.7. The van der Waals surface area contributed by atoms with Crippen LogP contribution in [0.25, 0.3) is 42.7 Å². The molecule has 0 aliphatic heterocycles. The predicted octanol–water partition coefficient (Wildman–Crippen LogP) is 8.01. The number of nitrogens with zero attached hydrogens (tertiary/aromatic N) is 2. The summed E-state index contributed by atoms with van der Waals surface area (Å²) in [5, 5.41) is 2.64. The van der Waals surface area contributed by atoms with Crippen molar-refractivity contribution in [3.05, 3.63) is 116 Å². The summed E-state index contributed by atoms with van der Waals surface area (Å²) < 4.78 is 4.38. The van der Waals surface area contributed by atoms with Crippen molar-refractivity contribution in [2.75, 3.05) is 0 Å². The normalized spacial score (nSPS) is 11.0. The maximum absolute atomic E-state index is 4.68. The van der Waals surface area contributed by atoms with Crippen molar-refractivity contribution in [2.24, 2.45) is 0 Å². The van der Waals surface area contributed by atoms with Crippen LogP contribution in [0.4, 0.5) is 0 Å². The van der Waals surface area contributed by atoms with E-state index in [2.05, 4.69) is 69.7 Å². The Morgan fingerprint density at radius 1 is 0.694 bits per heavy atom. The fourth-order valence-corrected chi connectivity index (χ4v) is 10.1. The van der Waals surface area contributed by atoms with Crippen LogP contribution in [0, 0.1) is 12.1 Å². The van der Waals surface area contributed by atoms with Crippen LogP contribution in [0.5, 0.6) is 0 Å². The summed E-state index contributed by atoms with van der Waals surface area (Å²) in [7, 11) is 0. The Hall–Kier alpha value is -2.63. The third-order valence-electron chi connectivity index (χ3n) is 5.83. The Balaban J connectivity index is 0.000000198. The van der Waals surface area contributed by atoms with Crippen molar-refractivity contribution in [3.63, 3.8) is 0 Å². The first kappa shape index (κ1) is 26.4. The van der Waals surface area contributed by atoms with Crippen molar-refractivity contribution in [3.8, 4) is 22.5 Å². The molecule has 3 aromatic heterocycles. The minimum atomic E-state index is -1.88. The smallest absolute Gasteiger partial charge is 0.0160 e. The monoisotopic (exact) mass is 725 g/mol. The fraction of sp³-hybridized carbons (Fsp3) is 0.0968. The van der Waals surface area contributed by atoms with E-state index in [0.29, 0.717) is 0 Å². The minimum Gasteiger partial charge on any atom is -0.305 e. The van der Waals surface area contributed by atoms with Crippen LogP contribution in [-0.4, -0.2) is 23.2 Å². The molecule has 0 fully saturated rings. The summed E-state index contributed by atoms with van der Waals surface area (Å²) in [6.07, 6.45) is 3.82. The van der Waals surface area contributed by atoms with Gasteiger partial charge < -0.3 is 4.98 Å². The molecular weight excluding hydrogens is 697 g/mol. The Kier molecular flexibility index (Phi) is 8.53. The van der Waals surface area contributed by atoms with Crippen LogP contribution in [-0.2, 0) is 20.1 Å². The summed E-state index contributed by atoms with van der Waals surface area (Å²) in [5.74, 6) is 7.38. The summed E-state index contributed by atoms with van der Waals surface area (Å²) >= 11 is 0.0387. The molecule has 36 heavy (non-hydrogen) atoms. The number of aromatic nitrogens is 2. The zero-order valence-corrected chi connectivity index (χ0v) is 25.8. The standard InChI is InChI=1S/C20H18GeNS.C11H8N.Ir/c1-21(2,3)17-11-7-10-15-16-13-22-18(12-19(16)23-20(15)17)14-8-5-4-6-9-14;1-2-6-10(7-3-1)11-8-4-5-9-12-11;/h4-8,10-13H,1-3H3;1-6,8-9H;/q2*-1;. The van der Waals surface area contributed by atoms with E-state index < -0.39 is 13.3 Å². The van der Waals surface area contributed by atoms with E-state index in [1.807, 2.05) is 78.2 Å². The van der Waals surface area contributed by atoms with Gasteiger partial charge in [0.25, 0.3) is 0 Å². The first-order chi connectivity index (χ1) is 17.0. The van der Waals surface area contributed by atoms with Crippen LogP contribution < -0.4 is 4.40 Å². The number of hydrogen-bond donors (Lipinski definition) is 0. The molecule has 6 aromatic rings. The van der Waals surface area contributed by atoms with E-state index in [1.54, 1.807) is 10.6 Å². The Labute approximate surface area is 233 Å². The number of fused-ring (bicyclic) bond motifs is 3. The van der Waals surface area contributed by atoms with Gasteiger partial charge in [0.15, 0.2) is 0 Å². The maximum Gasteiger partial charge on any atom is 0.0160 e. The minimum absolute atomic E-state index is 0. The van der Waals surface area contributed by atoms with E-state index >= 15 is 0 Å².